The third kappa shape index (κ3) is 3.87. The second-order valence-corrected chi connectivity index (χ2v) is 4.01. The number of rotatable bonds is 4. The molecule has 12 heavy (non-hydrogen) atoms. The summed E-state index contributed by atoms with van der Waals surface area (Å²) in [5.41, 5.74) is 0. The highest BCUT2D eigenvalue weighted by molar-refractivity contribution is 9.09. The molecule has 1 aliphatic heterocycles. The normalized spacial score (nSPS) is 27.0. The molecular weight excluding hydrogens is 220 g/mol. The van der Waals surface area contributed by atoms with Crippen molar-refractivity contribution in [2.75, 3.05) is 11.9 Å². The zero-order valence-electron chi connectivity index (χ0n) is 7.59. The molecule has 0 N–H and O–H groups in total. The molecule has 1 unspecified atom stereocenters. The molecule has 1 saturated heterocycles. The Balaban J connectivity index is 2.11. The van der Waals surface area contributed by atoms with Gasteiger partial charge in [-0.2, -0.15) is 0 Å². The van der Waals surface area contributed by atoms with Gasteiger partial charge in [0.2, 0.25) is 0 Å². The summed E-state index contributed by atoms with van der Waals surface area (Å²) < 4.78 is 11.1. The van der Waals surface area contributed by atoms with Gasteiger partial charge in [0.15, 0.2) is 6.29 Å². The molecule has 0 aromatic heterocycles. The van der Waals surface area contributed by atoms with E-state index < -0.39 is 0 Å². The van der Waals surface area contributed by atoms with Gasteiger partial charge in [-0.15, -0.1) is 0 Å². The van der Waals surface area contributed by atoms with E-state index in [2.05, 4.69) is 22.9 Å². The van der Waals surface area contributed by atoms with Crippen molar-refractivity contribution in [2.24, 2.45) is 0 Å². The molecule has 0 amide bonds. The standard InChI is InChI=1S/C9H17BrO2/c1-8(5-6-10)12-9-4-2-3-7-11-9/h8-9H,2-7H2,1H3/t8?,9-/m0/s1. The van der Waals surface area contributed by atoms with Crippen LogP contribution in [-0.4, -0.2) is 24.3 Å². The van der Waals surface area contributed by atoms with E-state index in [-0.39, 0.29) is 6.29 Å². The van der Waals surface area contributed by atoms with E-state index in [0.29, 0.717) is 6.10 Å². The minimum atomic E-state index is 0.0628. The van der Waals surface area contributed by atoms with Crippen LogP contribution in [0.4, 0.5) is 0 Å². The van der Waals surface area contributed by atoms with Crippen molar-refractivity contribution in [1.29, 1.82) is 0 Å². The molecule has 2 nitrogen and oxygen atoms in total. The molecule has 2 atom stereocenters. The van der Waals surface area contributed by atoms with Gasteiger partial charge in [-0.25, -0.2) is 0 Å². The minimum Gasteiger partial charge on any atom is -0.353 e. The summed E-state index contributed by atoms with van der Waals surface area (Å²) in [4.78, 5) is 0. The Hall–Kier alpha value is 0.400. The van der Waals surface area contributed by atoms with E-state index >= 15 is 0 Å². The summed E-state index contributed by atoms with van der Waals surface area (Å²) in [5, 5.41) is 1.00. The summed E-state index contributed by atoms with van der Waals surface area (Å²) in [6.07, 6.45) is 4.92. The van der Waals surface area contributed by atoms with Crippen LogP contribution in [0.2, 0.25) is 0 Å². The third-order valence-corrected chi connectivity index (χ3v) is 2.50. The molecule has 1 heterocycles. The Morgan fingerprint density at radius 3 is 3.00 bits per heavy atom. The first kappa shape index (κ1) is 10.5. The van der Waals surface area contributed by atoms with Gasteiger partial charge in [-0.1, -0.05) is 15.9 Å². The highest BCUT2D eigenvalue weighted by Crippen LogP contribution is 2.16. The monoisotopic (exact) mass is 236 g/mol. The molecule has 72 valence electrons. The smallest absolute Gasteiger partial charge is 0.157 e. The van der Waals surface area contributed by atoms with E-state index in [9.17, 15) is 0 Å². The molecule has 1 fully saturated rings. The lowest BCUT2D eigenvalue weighted by molar-refractivity contribution is -0.184. The van der Waals surface area contributed by atoms with Gasteiger partial charge >= 0.3 is 0 Å². The molecule has 0 saturated carbocycles. The van der Waals surface area contributed by atoms with E-state index in [1.165, 1.54) is 12.8 Å². The lowest BCUT2D eigenvalue weighted by atomic mass is 10.2. The van der Waals surface area contributed by atoms with Crippen molar-refractivity contribution < 1.29 is 9.47 Å². The van der Waals surface area contributed by atoms with Gasteiger partial charge < -0.3 is 9.47 Å². The quantitative estimate of drug-likeness (QED) is 0.700. The number of hydrogen-bond donors (Lipinski definition) is 0. The molecule has 0 spiro atoms. The SMILES string of the molecule is CC(CCBr)O[C@H]1CCCCO1. The van der Waals surface area contributed by atoms with Gasteiger partial charge in [0.1, 0.15) is 0 Å². The van der Waals surface area contributed by atoms with Crippen LogP contribution in [0.5, 0.6) is 0 Å². The second-order valence-electron chi connectivity index (χ2n) is 3.22. The van der Waals surface area contributed by atoms with Crippen LogP contribution in [0.15, 0.2) is 0 Å². The largest absolute Gasteiger partial charge is 0.353 e. The van der Waals surface area contributed by atoms with Gasteiger partial charge in [0.25, 0.3) is 0 Å². The first-order chi connectivity index (χ1) is 5.83. The first-order valence-corrected chi connectivity index (χ1v) is 5.78. The summed E-state index contributed by atoms with van der Waals surface area (Å²) in [6.45, 7) is 2.96. The van der Waals surface area contributed by atoms with Crippen LogP contribution < -0.4 is 0 Å². The molecule has 0 aromatic rings. The fraction of sp³-hybridized carbons (Fsp3) is 1.00. The van der Waals surface area contributed by atoms with Gasteiger partial charge in [0, 0.05) is 11.9 Å². The number of halogens is 1. The number of alkyl halides is 1. The van der Waals surface area contributed by atoms with Crippen LogP contribution in [0.1, 0.15) is 32.6 Å². The van der Waals surface area contributed by atoms with Crippen LogP contribution in [-0.2, 0) is 9.47 Å². The number of ether oxygens (including phenoxy) is 2. The molecule has 1 aliphatic rings. The molecule has 0 radical (unpaired) electrons. The molecule has 0 aliphatic carbocycles. The highest BCUT2D eigenvalue weighted by atomic mass is 79.9. The van der Waals surface area contributed by atoms with E-state index in [1.54, 1.807) is 0 Å². The van der Waals surface area contributed by atoms with E-state index in [4.69, 9.17) is 9.47 Å². The molecule has 1 rings (SSSR count). The zero-order valence-corrected chi connectivity index (χ0v) is 9.18. The van der Waals surface area contributed by atoms with Gasteiger partial charge in [-0.3, -0.25) is 0 Å². The Labute approximate surface area is 82.7 Å². The Bertz CT molecular complexity index is 113. The summed E-state index contributed by atoms with van der Waals surface area (Å²) in [7, 11) is 0. The summed E-state index contributed by atoms with van der Waals surface area (Å²) >= 11 is 3.39. The Morgan fingerprint density at radius 1 is 1.58 bits per heavy atom. The van der Waals surface area contributed by atoms with Crippen molar-refractivity contribution >= 4 is 15.9 Å². The summed E-state index contributed by atoms with van der Waals surface area (Å²) in [5.74, 6) is 0. The topological polar surface area (TPSA) is 18.5 Å². The number of hydrogen-bond acceptors (Lipinski definition) is 2. The fourth-order valence-electron chi connectivity index (χ4n) is 1.30. The highest BCUT2D eigenvalue weighted by Gasteiger charge is 2.16. The molecule has 0 aromatic carbocycles. The van der Waals surface area contributed by atoms with Crippen LogP contribution in [0.25, 0.3) is 0 Å². The zero-order chi connectivity index (χ0) is 8.81. The third-order valence-electron chi connectivity index (χ3n) is 2.04. The van der Waals surface area contributed by atoms with Crippen molar-refractivity contribution in [2.45, 2.75) is 45.0 Å². The molecular formula is C9H17BrO2. The maximum Gasteiger partial charge on any atom is 0.157 e. The van der Waals surface area contributed by atoms with Crippen LogP contribution >= 0.6 is 15.9 Å². The first-order valence-electron chi connectivity index (χ1n) is 4.66. The summed E-state index contributed by atoms with van der Waals surface area (Å²) in [6, 6.07) is 0. The molecule has 0 bridgehead atoms. The maximum absolute atomic E-state index is 5.68. The lowest BCUT2D eigenvalue weighted by Crippen LogP contribution is -2.26. The average Bonchev–Trinajstić information content (AvgIpc) is 2.06. The van der Waals surface area contributed by atoms with Crippen LogP contribution in [0, 0.1) is 0 Å². The van der Waals surface area contributed by atoms with Gasteiger partial charge in [-0.05, 0) is 32.6 Å². The van der Waals surface area contributed by atoms with E-state index in [1.807, 2.05) is 0 Å². The fourth-order valence-corrected chi connectivity index (χ4v) is 1.94. The Kier molecular flexibility index (Phi) is 5.19. The Morgan fingerprint density at radius 2 is 2.42 bits per heavy atom. The second kappa shape index (κ2) is 5.95. The van der Waals surface area contributed by atoms with E-state index in [0.717, 1.165) is 24.8 Å². The maximum atomic E-state index is 5.68. The van der Waals surface area contributed by atoms with Crippen molar-refractivity contribution in [3.8, 4) is 0 Å². The van der Waals surface area contributed by atoms with Gasteiger partial charge in [0.05, 0.1) is 6.10 Å². The predicted molar refractivity (Wildman–Crippen MR) is 52.5 cm³/mol. The average molecular weight is 237 g/mol. The van der Waals surface area contributed by atoms with Crippen LogP contribution in [0.3, 0.4) is 0 Å². The molecule has 3 heteroatoms. The van der Waals surface area contributed by atoms with Crippen molar-refractivity contribution in [3.05, 3.63) is 0 Å². The van der Waals surface area contributed by atoms with Crippen molar-refractivity contribution in [3.63, 3.8) is 0 Å². The minimum absolute atomic E-state index is 0.0628. The predicted octanol–water partition coefficient (Wildman–Crippen LogP) is 2.70. The lowest BCUT2D eigenvalue weighted by Gasteiger charge is -2.25. The van der Waals surface area contributed by atoms with Crippen molar-refractivity contribution in [1.82, 2.24) is 0 Å².